The van der Waals surface area contributed by atoms with Crippen LogP contribution in [0, 0.1) is 5.41 Å². The van der Waals surface area contributed by atoms with Crippen molar-refractivity contribution >= 4 is 5.97 Å². The first-order valence-electron chi connectivity index (χ1n) is 8.66. The molecule has 3 rings (SSSR count). The maximum atomic E-state index is 11.6. The summed E-state index contributed by atoms with van der Waals surface area (Å²) >= 11 is 0. The van der Waals surface area contributed by atoms with Gasteiger partial charge in [-0.25, -0.2) is 9.78 Å². The van der Waals surface area contributed by atoms with Crippen LogP contribution in [0.1, 0.15) is 35.4 Å². The Morgan fingerprint density at radius 2 is 2.25 bits per heavy atom. The number of carbonyl (C=O) groups is 1. The monoisotopic (exact) mass is 333 g/mol. The number of piperidine rings is 2. The van der Waals surface area contributed by atoms with Gasteiger partial charge in [-0.2, -0.15) is 0 Å². The molecule has 2 atom stereocenters. The largest absolute Gasteiger partial charge is 0.464 e. The molecule has 2 aliphatic heterocycles. The zero-order valence-electron chi connectivity index (χ0n) is 14.6. The molecule has 2 fully saturated rings. The molecule has 2 aliphatic rings. The zero-order valence-corrected chi connectivity index (χ0v) is 14.6. The van der Waals surface area contributed by atoms with Gasteiger partial charge in [0.15, 0.2) is 0 Å². The molecule has 1 aromatic rings. The molecule has 24 heavy (non-hydrogen) atoms. The number of esters is 1. The Bertz CT molecular complexity index is 595. The van der Waals surface area contributed by atoms with Gasteiger partial charge in [0.1, 0.15) is 5.69 Å². The van der Waals surface area contributed by atoms with E-state index < -0.39 is 5.97 Å². The van der Waals surface area contributed by atoms with Crippen molar-refractivity contribution in [3.05, 3.63) is 29.6 Å². The van der Waals surface area contributed by atoms with E-state index in [-0.39, 0.29) is 11.5 Å². The van der Waals surface area contributed by atoms with Crippen molar-refractivity contribution in [2.75, 3.05) is 40.3 Å². The van der Waals surface area contributed by atoms with Crippen molar-refractivity contribution in [3.63, 3.8) is 0 Å². The van der Waals surface area contributed by atoms with Crippen LogP contribution in [0.4, 0.5) is 0 Å². The van der Waals surface area contributed by atoms with Crippen LogP contribution in [0.2, 0.25) is 0 Å². The van der Waals surface area contributed by atoms with Crippen molar-refractivity contribution in [1.29, 1.82) is 0 Å². The molecule has 0 aliphatic carbocycles. The standard InChI is InChI=1S/C18H27N3O3/c1-20-10-7-16(22)18(12-20)8-4-9-21(13-18)11-14-5-3-6-15(19-14)17(23)24-2/h3,5-6,16,22H,4,7-13H2,1-2H3/t16-,18-/m0/s1. The fraction of sp³-hybridized carbons (Fsp3) is 0.667. The average Bonchev–Trinajstić information content (AvgIpc) is 2.58. The van der Waals surface area contributed by atoms with Gasteiger partial charge in [-0.15, -0.1) is 0 Å². The van der Waals surface area contributed by atoms with E-state index in [0.717, 1.165) is 51.1 Å². The molecule has 0 amide bonds. The van der Waals surface area contributed by atoms with Crippen LogP contribution in [-0.4, -0.2) is 72.3 Å². The molecule has 1 N–H and O–H groups in total. The third-order valence-corrected chi connectivity index (χ3v) is 5.35. The Hall–Kier alpha value is -1.50. The summed E-state index contributed by atoms with van der Waals surface area (Å²) in [6, 6.07) is 5.46. The van der Waals surface area contributed by atoms with Gasteiger partial charge < -0.3 is 14.7 Å². The van der Waals surface area contributed by atoms with E-state index >= 15 is 0 Å². The fourth-order valence-electron chi connectivity index (χ4n) is 4.18. The van der Waals surface area contributed by atoms with E-state index in [1.807, 2.05) is 12.1 Å². The highest BCUT2D eigenvalue weighted by atomic mass is 16.5. The van der Waals surface area contributed by atoms with Crippen molar-refractivity contribution in [1.82, 2.24) is 14.8 Å². The van der Waals surface area contributed by atoms with E-state index in [9.17, 15) is 9.90 Å². The Labute approximate surface area is 143 Å². The van der Waals surface area contributed by atoms with Gasteiger partial charge >= 0.3 is 5.97 Å². The number of nitrogens with zero attached hydrogens (tertiary/aromatic N) is 3. The second-order valence-electron chi connectivity index (χ2n) is 7.22. The molecule has 1 aromatic heterocycles. The summed E-state index contributed by atoms with van der Waals surface area (Å²) in [5.74, 6) is -0.406. The molecular weight excluding hydrogens is 306 g/mol. The number of likely N-dealkylation sites (tertiary alicyclic amines) is 2. The van der Waals surface area contributed by atoms with Crippen LogP contribution in [0.15, 0.2) is 18.2 Å². The minimum Gasteiger partial charge on any atom is -0.464 e. The zero-order chi connectivity index (χ0) is 17.2. The number of aliphatic hydroxyl groups is 1. The molecular formula is C18H27N3O3. The lowest BCUT2D eigenvalue weighted by Crippen LogP contribution is -2.58. The SMILES string of the molecule is COC(=O)c1cccc(CN2CCC[C@]3(CN(C)CC[C@@H]3O)C2)n1. The van der Waals surface area contributed by atoms with E-state index in [4.69, 9.17) is 4.74 Å². The molecule has 6 heteroatoms. The Morgan fingerprint density at radius 3 is 3.04 bits per heavy atom. The number of methoxy groups -OCH3 is 1. The number of hydrogen-bond acceptors (Lipinski definition) is 6. The summed E-state index contributed by atoms with van der Waals surface area (Å²) in [7, 11) is 3.50. The maximum Gasteiger partial charge on any atom is 0.356 e. The number of aromatic nitrogens is 1. The predicted octanol–water partition coefficient (Wildman–Crippen LogP) is 1.15. The quantitative estimate of drug-likeness (QED) is 0.837. The summed E-state index contributed by atoms with van der Waals surface area (Å²) in [4.78, 5) is 20.7. The van der Waals surface area contributed by atoms with Crippen molar-refractivity contribution in [2.24, 2.45) is 5.41 Å². The van der Waals surface area contributed by atoms with Gasteiger partial charge in [0, 0.05) is 31.6 Å². The predicted molar refractivity (Wildman–Crippen MR) is 90.6 cm³/mol. The van der Waals surface area contributed by atoms with Gasteiger partial charge in [0.2, 0.25) is 0 Å². The molecule has 0 bridgehead atoms. The maximum absolute atomic E-state index is 11.6. The Morgan fingerprint density at radius 1 is 1.42 bits per heavy atom. The Kier molecular flexibility index (Phi) is 5.18. The molecule has 0 aromatic carbocycles. The summed E-state index contributed by atoms with van der Waals surface area (Å²) in [6.07, 6.45) is 2.78. The van der Waals surface area contributed by atoms with Crippen molar-refractivity contribution in [3.8, 4) is 0 Å². The highest BCUT2D eigenvalue weighted by Gasteiger charge is 2.44. The lowest BCUT2D eigenvalue weighted by atomic mass is 9.71. The molecule has 0 saturated carbocycles. The molecule has 0 radical (unpaired) electrons. The summed E-state index contributed by atoms with van der Waals surface area (Å²) in [6.45, 7) is 4.49. The second kappa shape index (κ2) is 7.17. The van der Waals surface area contributed by atoms with Crippen molar-refractivity contribution in [2.45, 2.75) is 31.9 Å². The van der Waals surface area contributed by atoms with Crippen LogP contribution in [-0.2, 0) is 11.3 Å². The van der Waals surface area contributed by atoms with Crippen LogP contribution < -0.4 is 0 Å². The minimum atomic E-state index is -0.406. The van der Waals surface area contributed by atoms with Crippen LogP contribution in [0.3, 0.4) is 0 Å². The molecule has 0 unspecified atom stereocenters. The second-order valence-corrected chi connectivity index (χ2v) is 7.22. The molecule has 132 valence electrons. The number of hydrogen-bond donors (Lipinski definition) is 1. The lowest BCUT2D eigenvalue weighted by molar-refractivity contribution is -0.0809. The number of ether oxygens (including phenoxy) is 1. The van der Waals surface area contributed by atoms with Gasteiger partial charge in [-0.3, -0.25) is 4.90 Å². The van der Waals surface area contributed by atoms with E-state index in [2.05, 4.69) is 21.8 Å². The smallest absolute Gasteiger partial charge is 0.356 e. The summed E-state index contributed by atoms with van der Waals surface area (Å²) < 4.78 is 4.74. The highest BCUT2D eigenvalue weighted by molar-refractivity contribution is 5.87. The number of rotatable bonds is 3. The van der Waals surface area contributed by atoms with E-state index in [1.165, 1.54) is 7.11 Å². The minimum absolute atomic E-state index is 0.0365. The third kappa shape index (κ3) is 3.61. The van der Waals surface area contributed by atoms with Crippen LogP contribution in [0.5, 0.6) is 0 Å². The first kappa shape index (κ1) is 17.3. The molecule has 3 heterocycles. The first-order valence-corrected chi connectivity index (χ1v) is 8.66. The van der Waals surface area contributed by atoms with Gasteiger partial charge in [-0.05, 0) is 45.0 Å². The average molecular weight is 333 g/mol. The lowest BCUT2D eigenvalue weighted by Gasteiger charge is -2.50. The molecule has 1 spiro atoms. The van der Waals surface area contributed by atoms with Crippen LogP contribution >= 0.6 is 0 Å². The van der Waals surface area contributed by atoms with Crippen molar-refractivity contribution < 1.29 is 14.6 Å². The number of aliphatic hydroxyl groups excluding tert-OH is 1. The summed E-state index contributed by atoms with van der Waals surface area (Å²) in [5, 5.41) is 10.6. The van der Waals surface area contributed by atoms with Gasteiger partial charge in [-0.1, -0.05) is 6.07 Å². The topological polar surface area (TPSA) is 65.9 Å². The normalized spacial score (nSPS) is 28.9. The molecule has 6 nitrogen and oxygen atoms in total. The van der Waals surface area contributed by atoms with E-state index in [0.29, 0.717) is 12.2 Å². The summed E-state index contributed by atoms with van der Waals surface area (Å²) in [5.41, 5.74) is 1.18. The number of pyridine rings is 1. The highest BCUT2D eigenvalue weighted by Crippen LogP contribution is 2.38. The Balaban J connectivity index is 1.70. The first-order chi connectivity index (χ1) is 11.5. The van der Waals surface area contributed by atoms with Gasteiger partial charge in [0.25, 0.3) is 0 Å². The number of carbonyl (C=O) groups excluding carboxylic acids is 1. The third-order valence-electron chi connectivity index (χ3n) is 5.35. The van der Waals surface area contributed by atoms with Gasteiger partial charge in [0.05, 0.1) is 18.9 Å². The van der Waals surface area contributed by atoms with E-state index in [1.54, 1.807) is 6.07 Å². The fourth-order valence-corrected chi connectivity index (χ4v) is 4.18. The molecule has 2 saturated heterocycles. The van der Waals surface area contributed by atoms with Crippen LogP contribution in [0.25, 0.3) is 0 Å².